The van der Waals surface area contributed by atoms with Crippen LogP contribution in [0, 0.1) is 13.8 Å². The molecular weight excluding hydrogens is 166 g/mol. The summed E-state index contributed by atoms with van der Waals surface area (Å²) in [6, 6.07) is 4.53. The lowest BCUT2D eigenvalue weighted by molar-refractivity contribution is -0.138. The van der Waals surface area contributed by atoms with Gasteiger partial charge in [0.25, 0.3) is 0 Å². The van der Waals surface area contributed by atoms with E-state index < -0.39 is 12.0 Å². The van der Waals surface area contributed by atoms with Crippen molar-refractivity contribution >= 4 is 5.97 Å². The summed E-state index contributed by atoms with van der Waals surface area (Å²) in [6.45, 7) is 3.92. The highest BCUT2D eigenvalue weighted by Gasteiger charge is 2.13. The molecule has 13 heavy (non-hydrogen) atoms. The molecule has 0 bridgehead atoms. The van der Waals surface area contributed by atoms with E-state index in [-0.39, 0.29) is 0 Å². The van der Waals surface area contributed by atoms with E-state index in [1.165, 1.54) is 0 Å². The molecule has 0 radical (unpaired) electrons. The monoisotopic (exact) mass is 179 g/mol. The second-order valence-corrected chi connectivity index (χ2v) is 3.16. The van der Waals surface area contributed by atoms with Gasteiger partial charge >= 0.3 is 5.97 Å². The molecule has 3 heteroatoms. The van der Waals surface area contributed by atoms with Crippen molar-refractivity contribution in [1.82, 2.24) is 0 Å². The minimum absolute atomic E-state index is 0.649. The molecule has 0 spiro atoms. The Morgan fingerprint density at radius 3 is 2.46 bits per heavy atom. The highest BCUT2D eigenvalue weighted by Crippen LogP contribution is 2.15. The Bertz CT molecular complexity index is 334. The molecule has 0 aliphatic heterocycles. The second kappa shape index (κ2) is 3.58. The van der Waals surface area contributed by atoms with E-state index >= 15 is 0 Å². The standard InChI is InChI=1S/C10H13NO2/c1-6-3-4-8(5-7(6)2)9(11)10(12)13/h3-5,9H,11H2,1-2H3,(H,12,13). The van der Waals surface area contributed by atoms with Crippen molar-refractivity contribution in [2.75, 3.05) is 0 Å². The molecule has 1 rings (SSSR count). The number of carbonyl (C=O) groups is 1. The molecule has 0 heterocycles. The number of hydrogen-bond acceptors (Lipinski definition) is 2. The van der Waals surface area contributed by atoms with Crippen LogP contribution in [0.25, 0.3) is 0 Å². The number of aryl methyl sites for hydroxylation is 2. The molecule has 1 unspecified atom stereocenters. The highest BCUT2D eigenvalue weighted by atomic mass is 16.4. The van der Waals surface area contributed by atoms with Crippen molar-refractivity contribution in [3.63, 3.8) is 0 Å². The predicted molar refractivity (Wildman–Crippen MR) is 50.5 cm³/mol. The third kappa shape index (κ3) is 2.06. The quantitative estimate of drug-likeness (QED) is 0.721. The zero-order chi connectivity index (χ0) is 10.0. The maximum absolute atomic E-state index is 10.6. The van der Waals surface area contributed by atoms with E-state index in [1.807, 2.05) is 26.0 Å². The van der Waals surface area contributed by atoms with Crippen LogP contribution in [0.2, 0.25) is 0 Å². The third-order valence-electron chi connectivity index (χ3n) is 2.16. The summed E-state index contributed by atoms with van der Waals surface area (Å²) >= 11 is 0. The second-order valence-electron chi connectivity index (χ2n) is 3.16. The molecule has 1 atom stereocenters. The van der Waals surface area contributed by atoms with Gasteiger partial charge in [-0.15, -0.1) is 0 Å². The van der Waals surface area contributed by atoms with Crippen molar-refractivity contribution in [2.24, 2.45) is 5.73 Å². The summed E-state index contributed by atoms with van der Waals surface area (Å²) in [5.74, 6) is -0.997. The van der Waals surface area contributed by atoms with Crippen LogP contribution in [0.3, 0.4) is 0 Å². The molecule has 0 aliphatic carbocycles. The van der Waals surface area contributed by atoms with Crippen molar-refractivity contribution in [1.29, 1.82) is 0 Å². The van der Waals surface area contributed by atoms with Crippen LogP contribution in [-0.2, 0) is 4.79 Å². The first kappa shape index (κ1) is 9.74. The fraction of sp³-hybridized carbons (Fsp3) is 0.300. The number of benzene rings is 1. The van der Waals surface area contributed by atoms with Crippen molar-refractivity contribution in [2.45, 2.75) is 19.9 Å². The molecule has 0 saturated heterocycles. The minimum atomic E-state index is -0.997. The third-order valence-corrected chi connectivity index (χ3v) is 2.16. The van der Waals surface area contributed by atoms with Crippen molar-refractivity contribution in [3.8, 4) is 0 Å². The topological polar surface area (TPSA) is 63.3 Å². The average Bonchev–Trinajstić information content (AvgIpc) is 2.08. The Labute approximate surface area is 77.2 Å². The zero-order valence-corrected chi connectivity index (χ0v) is 7.74. The van der Waals surface area contributed by atoms with Gasteiger partial charge in [-0.05, 0) is 30.5 Å². The van der Waals surface area contributed by atoms with Gasteiger partial charge in [-0.25, -0.2) is 0 Å². The molecule has 0 fully saturated rings. The molecule has 0 aliphatic rings. The van der Waals surface area contributed by atoms with Crippen LogP contribution >= 0.6 is 0 Å². The number of rotatable bonds is 2. The first-order chi connectivity index (χ1) is 6.02. The fourth-order valence-corrected chi connectivity index (χ4v) is 1.10. The highest BCUT2D eigenvalue weighted by molar-refractivity contribution is 5.75. The van der Waals surface area contributed by atoms with Gasteiger partial charge in [-0.3, -0.25) is 4.79 Å². The van der Waals surface area contributed by atoms with Crippen LogP contribution in [0.1, 0.15) is 22.7 Å². The van der Waals surface area contributed by atoms with E-state index in [9.17, 15) is 4.79 Å². The Morgan fingerprint density at radius 2 is 2.00 bits per heavy atom. The first-order valence-electron chi connectivity index (χ1n) is 4.08. The lowest BCUT2D eigenvalue weighted by atomic mass is 10.0. The Kier molecular flexibility index (Phi) is 2.68. The van der Waals surface area contributed by atoms with E-state index in [4.69, 9.17) is 10.8 Å². The van der Waals surface area contributed by atoms with Crippen LogP contribution in [-0.4, -0.2) is 11.1 Å². The van der Waals surface area contributed by atoms with E-state index in [1.54, 1.807) is 6.07 Å². The van der Waals surface area contributed by atoms with Crippen LogP contribution in [0.15, 0.2) is 18.2 Å². The normalized spacial score (nSPS) is 12.5. The maximum Gasteiger partial charge on any atom is 0.325 e. The molecule has 0 amide bonds. The largest absolute Gasteiger partial charge is 0.480 e. The number of aliphatic carboxylic acids is 1. The van der Waals surface area contributed by atoms with Gasteiger partial charge in [0, 0.05) is 0 Å². The summed E-state index contributed by atoms with van der Waals surface area (Å²) in [4.78, 5) is 10.6. The van der Waals surface area contributed by atoms with Gasteiger partial charge in [0.05, 0.1) is 0 Å². The molecule has 0 aromatic heterocycles. The van der Waals surface area contributed by atoms with Gasteiger partial charge < -0.3 is 10.8 Å². The molecule has 0 saturated carbocycles. The summed E-state index contributed by atoms with van der Waals surface area (Å²) in [7, 11) is 0. The van der Waals surface area contributed by atoms with Gasteiger partial charge in [0.1, 0.15) is 6.04 Å². The molecule has 3 N–H and O–H groups in total. The molecular formula is C10H13NO2. The summed E-state index contributed by atoms with van der Waals surface area (Å²) in [5, 5.41) is 8.67. The Balaban J connectivity index is 3.03. The Hall–Kier alpha value is -1.35. The molecule has 3 nitrogen and oxygen atoms in total. The summed E-state index contributed by atoms with van der Waals surface area (Å²) in [6.07, 6.45) is 0. The molecule has 1 aromatic rings. The summed E-state index contributed by atoms with van der Waals surface area (Å²) in [5.41, 5.74) is 8.31. The molecule has 70 valence electrons. The Morgan fingerprint density at radius 1 is 1.38 bits per heavy atom. The SMILES string of the molecule is Cc1ccc(C(N)C(=O)O)cc1C. The zero-order valence-electron chi connectivity index (χ0n) is 7.74. The van der Waals surface area contributed by atoms with Gasteiger partial charge in [-0.2, -0.15) is 0 Å². The van der Waals surface area contributed by atoms with E-state index in [0.29, 0.717) is 5.56 Å². The first-order valence-corrected chi connectivity index (χ1v) is 4.08. The van der Waals surface area contributed by atoms with Crippen molar-refractivity contribution in [3.05, 3.63) is 34.9 Å². The lowest BCUT2D eigenvalue weighted by Gasteiger charge is -2.08. The number of carboxylic acids is 1. The van der Waals surface area contributed by atoms with E-state index in [2.05, 4.69) is 0 Å². The van der Waals surface area contributed by atoms with Gasteiger partial charge in [-0.1, -0.05) is 18.2 Å². The lowest BCUT2D eigenvalue weighted by Crippen LogP contribution is -2.20. The molecule has 1 aromatic carbocycles. The number of nitrogens with two attached hydrogens (primary N) is 1. The average molecular weight is 179 g/mol. The van der Waals surface area contributed by atoms with Gasteiger partial charge in [0.15, 0.2) is 0 Å². The van der Waals surface area contributed by atoms with Gasteiger partial charge in [0.2, 0.25) is 0 Å². The smallest absolute Gasteiger partial charge is 0.325 e. The van der Waals surface area contributed by atoms with E-state index in [0.717, 1.165) is 11.1 Å². The minimum Gasteiger partial charge on any atom is -0.480 e. The maximum atomic E-state index is 10.6. The number of hydrogen-bond donors (Lipinski definition) is 2. The van der Waals surface area contributed by atoms with Crippen LogP contribution in [0.4, 0.5) is 0 Å². The van der Waals surface area contributed by atoms with Crippen LogP contribution < -0.4 is 5.73 Å². The fourth-order valence-electron chi connectivity index (χ4n) is 1.10. The predicted octanol–water partition coefficient (Wildman–Crippen LogP) is 1.39. The van der Waals surface area contributed by atoms with Crippen LogP contribution in [0.5, 0.6) is 0 Å². The van der Waals surface area contributed by atoms with Crippen molar-refractivity contribution < 1.29 is 9.90 Å². The number of carboxylic acid groups (broad SMARTS) is 1. The summed E-state index contributed by atoms with van der Waals surface area (Å²) < 4.78 is 0.